The van der Waals surface area contributed by atoms with Gasteiger partial charge in [-0.3, -0.25) is 0 Å². The molecule has 0 aromatic rings. The van der Waals surface area contributed by atoms with Gasteiger partial charge in [-0.05, 0) is 0 Å². The van der Waals surface area contributed by atoms with Crippen molar-refractivity contribution < 1.29 is 17.1 Å². The van der Waals surface area contributed by atoms with E-state index in [1.54, 1.807) is 0 Å². The van der Waals surface area contributed by atoms with Crippen molar-refractivity contribution >= 4 is 29.2 Å². The van der Waals surface area contributed by atoms with Gasteiger partial charge in [-0.25, -0.2) is 4.79 Å². The molecule has 0 atom stereocenters. The summed E-state index contributed by atoms with van der Waals surface area (Å²) in [5, 5.41) is 0. The Kier molecular flexibility index (Phi) is 8.72. The molecular formula is C3H8MgO3. The molecule has 40 valence electrons. The minimum atomic E-state index is -0.657. The van der Waals surface area contributed by atoms with Crippen LogP contribution in [0.3, 0.4) is 0 Å². The molecule has 0 heterocycles. The van der Waals surface area contributed by atoms with E-state index in [4.69, 9.17) is 0 Å². The Hall–Kier alpha value is 0.0362. The van der Waals surface area contributed by atoms with Crippen LogP contribution in [-0.4, -0.2) is 43.4 Å². The molecule has 0 spiro atoms. The molecule has 0 aliphatic carbocycles. The minimum absolute atomic E-state index is 0. The predicted molar refractivity (Wildman–Crippen MR) is 27.4 cm³/mol. The normalized spacial score (nSPS) is 6.00. The Bertz CT molecular complexity index is 55.0. The van der Waals surface area contributed by atoms with E-state index >= 15 is 0 Å². The molecule has 0 saturated carbocycles. The van der Waals surface area contributed by atoms with Crippen LogP contribution in [-0.2, 0) is 9.47 Å². The molecule has 0 aliphatic heterocycles. The summed E-state index contributed by atoms with van der Waals surface area (Å²) in [6, 6.07) is 0. The van der Waals surface area contributed by atoms with Gasteiger partial charge >= 0.3 is 29.2 Å². The quantitative estimate of drug-likeness (QED) is 0.336. The van der Waals surface area contributed by atoms with Crippen molar-refractivity contribution in [2.75, 3.05) is 14.2 Å². The van der Waals surface area contributed by atoms with Gasteiger partial charge in [-0.1, -0.05) is 0 Å². The van der Waals surface area contributed by atoms with E-state index in [9.17, 15) is 4.79 Å². The van der Waals surface area contributed by atoms with Crippen LogP contribution in [0.15, 0.2) is 0 Å². The third kappa shape index (κ3) is 6.04. The van der Waals surface area contributed by atoms with Crippen LogP contribution in [0.4, 0.5) is 4.79 Å². The maximum atomic E-state index is 9.74. The zero-order valence-electron chi connectivity index (χ0n) is 6.43. The summed E-state index contributed by atoms with van der Waals surface area (Å²) in [6.45, 7) is 0. The topological polar surface area (TPSA) is 35.5 Å². The molecular weight excluding hydrogens is 108 g/mol. The molecule has 0 fully saturated rings. The third-order valence-electron chi connectivity index (χ3n) is 0.333. The number of carbonyl (C=O) groups excluding carboxylic acids is 1. The fourth-order valence-corrected chi connectivity index (χ4v) is 0.0833. The largest absolute Gasteiger partial charge is 2.00 e. The van der Waals surface area contributed by atoms with Gasteiger partial charge in [0.15, 0.2) is 0 Å². The fraction of sp³-hybridized carbons (Fsp3) is 0.667. The second kappa shape index (κ2) is 6.04. The van der Waals surface area contributed by atoms with Gasteiger partial charge < -0.3 is 12.3 Å². The molecule has 0 aliphatic rings. The number of hydrogen-bond acceptors (Lipinski definition) is 3. The summed E-state index contributed by atoms with van der Waals surface area (Å²) in [5.74, 6) is 0. The van der Waals surface area contributed by atoms with Crippen molar-refractivity contribution in [2.24, 2.45) is 0 Å². The van der Waals surface area contributed by atoms with Crippen molar-refractivity contribution in [2.45, 2.75) is 0 Å². The molecule has 3 nitrogen and oxygen atoms in total. The SMILES string of the molecule is COC(=O)OC.[H-].[H-].[Mg+2]. The third-order valence-corrected chi connectivity index (χ3v) is 0.333. The van der Waals surface area contributed by atoms with E-state index in [-0.39, 0.29) is 25.9 Å². The molecule has 0 radical (unpaired) electrons. The van der Waals surface area contributed by atoms with Crippen LogP contribution in [0.2, 0.25) is 0 Å². The van der Waals surface area contributed by atoms with Crippen molar-refractivity contribution in [1.29, 1.82) is 0 Å². The number of ether oxygens (including phenoxy) is 2. The summed E-state index contributed by atoms with van der Waals surface area (Å²) in [4.78, 5) is 9.74. The van der Waals surface area contributed by atoms with Gasteiger partial charge in [0.25, 0.3) is 0 Å². The van der Waals surface area contributed by atoms with E-state index in [0.717, 1.165) is 0 Å². The molecule has 4 heteroatoms. The van der Waals surface area contributed by atoms with E-state index in [2.05, 4.69) is 9.47 Å². The Balaban J connectivity index is -0.0000000417. The van der Waals surface area contributed by atoms with Gasteiger partial charge in [0.2, 0.25) is 0 Å². The second-order valence-electron chi connectivity index (χ2n) is 0.658. The number of hydrogen-bond donors (Lipinski definition) is 0. The standard InChI is InChI=1S/C3H6O3.Mg.2H/c1-5-3(4)6-2;;;/h1-2H3;;;/q;+2;2*-1. The van der Waals surface area contributed by atoms with Gasteiger partial charge in [0.05, 0.1) is 14.2 Å². The van der Waals surface area contributed by atoms with Crippen molar-refractivity contribution in [3.63, 3.8) is 0 Å². The van der Waals surface area contributed by atoms with E-state index in [1.165, 1.54) is 14.2 Å². The monoisotopic (exact) mass is 116 g/mol. The molecule has 0 saturated heterocycles. The van der Waals surface area contributed by atoms with Gasteiger partial charge in [0.1, 0.15) is 0 Å². The summed E-state index contributed by atoms with van der Waals surface area (Å²) in [5.41, 5.74) is 0. The van der Waals surface area contributed by atoms with Crippen LogP contribution in [0, 0.1) is 0 Å². The maximum absolute atomic E-state index is 9.74. The summed E-state index contributed by atoms with van der Waals surface area (Å²) >= 11 is 0. The zero-order chi connectivity index (χ0) is 4.99. The Labute approximate surface area is 61.1 Å². The van der Waals surface area contributed by atoms with Crippen molar-refractivity contribution in [3.8, 4) is 0 Å². The maximum Gasteiger partial charge on any atom is 2.00 e. The molecule has 0 aromatic heterocycles. The van der Waals surface area contributed by atoms with Crippen LogP contribution < -0.4 is 0 Å². The fourth-order valence-electron chi connectivity index (χ4n) is 0.0833. The molecule has 0 aromatic carbocycles. The summed E-state index contributed by atoms with van der Waals surface area (Å²) < 4.78 is 8.08. The Morgan fingerprint density at radius 1 is 1.43 bits per heavy atom. The predicted octanol–water partition coefficient (Wildman–Crippen LogP) is 0.243. The van der Waals surface area contributed by atoms with Crippen LogP contribution >= 0.6 is 0 Å². The Morgan fingerprint density at radius 3 is 1.71 bits per heavy atom. The van der Waals surface area contributed by atoms with Gasteiger partial charge in [-0.2, -0.15) is 0 Å². The van der Waals surface area contributed by atoms with Crippen LogP contribution in [0.25, 0.3) is 0 Å². The second-order valence-corrected chi connectivity index (χ2v) is 0.658. The minimum Gasteiger partial charge on any atom is -1.00 e. The number of rotatable bonds is 0. The first-order valence-electron chi connectivity index (χ1n) is 1.43. The zero-order valence-corrected chi connectivity index (χ0v) is 5.85. The van der Waals surface area contributed by atoms with Gasteiger partial charge in [-0.15, -0.1) is 0 Å². The van der Waals surface area contributed by atoms with E-state index in [0.29, 0.717) is 0 Å². The average molecular weight is 116 g/mol. The summed E-state index contributed by atoms with van der Waals surface area (Å²) in [7, 11) is 2.51. The molecule has 0 unspecified atom stereocenters. The first-order chi connectivity index (χ1) is 2.81. The van der Waals surface area contributed by atoms with Crippen LogP contribution in [0.1, 0.15) is 2.85 Å². The number of carbonyl (C=O) groups is 1. The molecule has 0 bridgehead atoms. The smallest absolute Gasteiger partial charge is 1.00 e. The molecule has 0 amide bonds. The molecule has 7 heavy (non-hydrogen) atoms. The molecule has 0 N–H and O–H groups in total. The summed E-state index contributed by atoms with van der Waals surface area (Å²) in [6.07, 6.45) is -0.657. The van der Waals surface area contributed by atoms with Gasteiger partial charge in [0, 0.05) is 0 Å². The van der Waals surface area contributed by atoms with Crippen LogP contribution in [0.5, 0.6) is 0 Å². The number of methoxy groups -OCH3 is 2. The van der Waals surface area contributed by atoms with Crippen molar-refractivity contribution in [1.82, 2.24) is 0 Å². The first kappa shape index (κ1) is 10.1. The Morgan fingerprint density at radius 2 is 1.71 bits per heavy atom. The van der Waals surface area contributed by atoms with E-state index < -0.39 is 6.16 Å². The first-order valence-corrected chi connectivity index (χ1v) is 1.43. The van der Waals surface area contributed by atoms with Crippen molar-refractivity contribution in [3.05, 3.63) is 0 Å². The van der Waals surface area contributed by atoms with E-state index in [1.807, 2.05) is 0 Å². The average Bonchev–Trinajstić information content (AvgIpc) is 1.65. The molecule has 0 rings (SSSR count).